The second-order valence-electron chi connectivity index (χ2n) is 10.6. The van der Waals surface area contributed by atoms with Gasteiger partial charge in [-0.1, -0.05) is 27.7 Å². The van der Waals surface area contributed by atoms with Gasteiger partial charge in [0.05, 0.1) is 5.54 Å². The van der Waals surface area contributed by atoms with Crippen LogP contribution >= 0.6 is 0 Å². The highest BCUT2D eigenvalue weighted by Gasteiger charge is 2.39. The summed E-state index contributed by atoms with van der Waals surface area (Å²) in [6, 6.07) is -1.97. The van der Waals surface area contributed by atoms with Gasteiger partial charge < -0.3 is 26.2 Å². The monoisotopic (exact) mass is 481 g/mol. The molecule has 0 radical (unpaired) electrons. The summed E-state index contributed by atoms with van der Waals surface area (Å²) in [5.74, 6) is -1.34. The Bertz CT molecular complexity index is 765. The zero-order chi connectivity index (χ0) is 26.2. The van der Waals surface area contributed by atoms with Gasteiger partial charge in [0.2, 0.25) is 29.5 Å². The molecule has 0 spiro atoms. The summed E-state index contributed by atoms with van der Waals surface area (Å²) in [7, 11) is 0. The minimum Gasteiger partial charge on any atom is -0.352 e. The Kier molecular flexibility index (Phi) is 11.0. The molecule has 5 amide bonds. The van der Waals surface area contributed by atoms with Crippen molar-refractivity contribution in [3.8, 4) is 0 Å². The predicted octanol–water partition coefficient (Wildman–Crippen LogP) is 0.700. The van der Waals surface area contributed by atoms with E-state index < -0.39 is 23.7 Å². The average Bonchev–Trinajstić information content (AvgIpc) is 3.18. The van der Waals surface area contributed by atoms with Gasteiger partial charge in [0.1, 0.15) is 18.1 Å². The van der Waals surface area contributed by atoms with Gasteiger partial charge in [-0.3, -0.25) is 24.0 Å². The quantitative estimate of drug-likeness (QED) is 0.344. The molecule has 10 nitrogen and oxygen atoms in total. The van der Waals surface area contributed by atoms with Crippen LogP contribution < -0.4 is 21.3 Å². The number of carbonyl (C=O) groups is 5. The van der Waals surface area contributed by atoms with E-state index in [4.69, 9.17) is 0 Å². The van der Waals surface area contributed by atoms with Gasteiger partial charge in [0.15, 0.2) is 0 Å². The summed E-state index contributed by atoms with van der Waals surface area (Å²) >= 11 is 0. The molecule has 0 bridgehead atoms. The van der Waals surface area contributed by atoms with Crippen LogP contribution in [0, 0.1) is 11.8 Å². The molecule has 0 aromatic heterocycles. The maximum absolute atomic E-state index is 13.1. The second kappa shape index (κ2) is 12.7. The van der Waals surface area contributed by atoms with Gasteiger partial charge in [0.25, 0.3) is 0 Å². The van der Waals surface area contributed by atoms with Crippen LogP contribution in [-0.4, -0.2) is 71.2 Å². The van der Waals surface area contributed by atoms with E-state index >= 15 is 0 Å². The first kappa shape index (κ1) is 29.4. The van der Waals surface area contributed by atoms with Crippen molar-refractivity contribution in [2.45, 2.75) is 98.3 Å². The first-order valence-corrected chi connectivity index (χ1v) is 12.1. The third-order valence-electron chi connectivity index (χ3n) is 5.70. The molecule has 1 heterocycles. The number of amides is 5. The summed E-state index contributed by atoms with van der Waals surface area (Å²) < 4.78 is 0. The highest BCUT2D eigenvalue weighted by atomic mass is 16.2. The van der Waals surface area contributed by atoms with Crippen molar-refractivity contribution in [2.75, 3.05) is 13.1 Å². The Morgan fingerprint density at radius 2 is 1.56 bits per heavy atom. The first-order valence-electron chi connectivity index (χ1n) is 12.1. The fourth-order valence-corrected chi connectivity index (χ4v) is 4.05. The molecule has 1 aliphatic rings. The van der Waals surface area contributed by atoms with Gasteiger partial charge in [0, 0.05) is 26.9 Å². The van der Waals surface area contributed by atoms with Gasteiger partial charge in [-0.15, -0.1) is 0 Å². The second-order valence-corrected chi connectivity index (χ2v) is 10.6. The van der Waals surface area contributed by atoms with Crippen molar-refractivity contribution in [1.82, 2.24) is 26.2 Å². The van der Waals surface area contributed by atoms with Crippen LogP contribution in [0.25, 0.3) is 0 Å². The van der Waals surface area contributed by atoms with Crippen molar-refractivity contribution in [3.63, 3.8) is 0 Å². The molecular weight excluding hydrogens is 438 g/mol. The molecule has 0 aliphatic carbocycles. The van der Waals surface area contributed by atoms with Gasteiger partial charge in [-0.2, -0.15) is 0 Å². The van der Waals surface area contributed by atoms with Crippen molar-refractivity contribution in [1.29, 1.82) is 0 Å². The lowest BCUT2D eigenvalue weighted by atomic mass is 10.0. The number of rotatable bonds is 11. The van der Waals surface area contributed by atoms with Crippen LogP contribution in [0.15, 0.2) is 0 Å². The highest BCUT2D eigenvalue weighted by molar-refractivity contribution is 5.92. The molecule has 0 aromatic carbocycles. The molecule has 1 rings (SSSR count). The Morgan fingerprint density at radius 1 is 0.971 bits per heavy atom. The summed E-state index contributed by atoms with van der Waals surface area (Å²) in [6.07, 6.45) is 1.73. The van der Waals surface area contributed by atoms with E-state index in [1.54, 1.807) is 18.7 Å². The molecule has 10 heteroatoms. The smallest absolute Gasteiger partial charge is 0.246 e. The zero-order valence-electron chi connectivity index (χ0n) is 21.9. The fourth-order valence-electron chi connectivity index (χ4n) is 4.05. The largest absolute Gasteiger partial charge is 0.352 e. The topological polar surface area (TPSA) is 137 Å². The van der Waals surface area contributed by atoms with Crippen molar-refractivity contribution in [2.24, 2.45) is 11.8 Å². The molecule has 34 heavy (non-hydrogen) atoms. The van der Waals surface area contributed by atoms with Gasteiger partial charge in [-0.05, 0) is 44.9 Å². The van der Waals surface area contributed by atoms with Crippen molar-refractivity contribution < 1.29 is 24.0 Å². The number of carbonyl (C=O) groups excluding carboxylic acids is 5. The summed E-state index contributed by atoms with van der Waals surface area (Å²) in [5, 5.41) is 11.1. The van der Waals surface area contributed by atoms with Crippen LogP contribution in [-0.2, 0) is 24.0 Å². The summed E-state index contributed by atoms with van der Waals surface area (Å²) in [4.78, 5) is 63.4. The van der Waals surface area contributed by atoms with E-state index in [0.29, 0.717) is 25.8 Å². The van der Waals surface area contributed by atoms with Crippen LogP contribution in [0.2, 0.25) is 0 Å². The van der Waals surface area contributed by atoms with E-state index in [1.807, 2.05) is 27.7 Å². The van der Waals surface area contributed by atoms with E-state index in [1.165, 1.54) is 13.8 Å². The molecule has 0 unspecified atom stereocenters. The molecule has 0 saturated carbocycles. The Morgan fingerprint density at radius 3 is 2.06 bits per heavy atom. The van der Waals surface area contributed by atoms with E-state index in [2.05, 4.69) is 21.3 Å². The van der Waals surface area contributed by atoms with Crippen LogP contribution in [0.1, 0.15) is 74.7 Å². The molecular formula is C24H43N5O5. The summed E-state index contributed by atoms with van der Waals surface area (Å²) in [5.41, 5.74) is -0.780. The minimum atomic E-state index is -0.780. The highest BCUT2D eigenvalue weighted by Crippen LogP contribution is 2.21. The van der Waals surface area contributed by atoms with Gasteiger partial charge in [-0.25, -0.2) is 0 Å². The van der Waals surface area contributed by atoms with E-state index in [9.17, 15) is 24.0 Å². The average molecular weight is 482 g/mol. The summed E-state index contributed by atoms with van der Waals surface area (Å²) in [6.45, 7) is 14.6. The molecule has 1 fully saturated rings. The molecule has 1 aliphatic heterocycles. The lowest BCUT2D eigenvalue weighted by Crippen LogP contribution is -2.59. The Hall–Kier alpha value is -2.65. The fraction of sp³-hybridized carbons (Fsp3) is 0.792. The van der Waals surface area contributed by atoms with Crippen LogP contribution in [0.3, 0.4) is 0 Å². The van der Waals surface area contributed by atoms with Crippen LogP contribution in [0.5, 0.6) is 0 Å². The van der Waals surface area contributed by atoms with E-state index in [0.717, 1.165) is 0 Å². The molecule has 1 saturated heterocycles. The number of nitrogens with zero attached hydrogens (tertiary/aromatic N) is 1. The predicted molar refractivity (Wildman–Crippen MR) is 129 cm³/mol. The maximum Gasteiger partial charge on any atom is 0.246 e. The molecule has 0 aromatic rings. The maximum atomic E-state index is 13.1. The minimum absolute atomic E-state index is 0.116. The number of hydrogen-bond acceptors (Lipinski definition) is 5. The molecule has 3 atom stereocenters. The third-order valence-corrected chi connectivity index (χ3v) is 5.70. The van der Waals surface area contributed by atoms with E-state index in [-0.39, 0.29) is 47.9 Å². The SMILES string of the molecule is CC(=O)N[C@@H](CC(C)C)C(=O)NCC(C)(C)NC(=O)[C@@H]1CCCN1C(=O)[C@@H](NC(C)=O)C(C)C. The third kappa shape index (κ3) is 9.30. The first-order chi connectivity index (χ1) is 15.6. The number of hydrogen-bond donors (Lipinski definition) is 4. The lowest BCUT2D eigenvalue weighted by molar-refractivity contribution is -0.142. The number of nitrogens with one attached hydrogen (secondary N) is 4. The molecule has 4 N–H and O–H groups in total. The van der Waals surface area contributed by atoms with Crippen molar-refractivity contribution in [3.05, 3.63) is 0 Å². The normalized spacial score (nSPS) is 17.8. The Labute approximate surface area is 203 Å². The number of likely N-dealkylation sites (tertiary alicyclic amines) is 1. The van der Waals surface area contributed by atoms with Crippen LogP contribution in [0.4, 0.5) is 0 Å². The Balaban J connectivity index is 2.80. The lowest BCUT2D eigenvalue weighted by Gasteiger charge is -2.33. The zero-order valence-corrected chi connectivity index (χ0v) is 21.9. The molecule has 194 valence electrons. The van der Waals surface area contributed by atoms with Crippen molar-refractivity contribution >= 4 is 29.5 Å². The van der Waals surface area contributed by atoms with Gasteiger partial charge >= 0.3 is 0 Å². The standard InChI is InChI=1S/C24H43N5O5/c1-14(2)12-18(26-16(5)30)21(32)25-13-24(7,8)28-22(33)19-10-9-11-29(19)23(34)20(15(3)4)27-17(6)31/h14-15,18-20H,9-13H2,1-8H3,(H,25,32)(H,26,30)(H,27,31)(H,28,33)/t18-,19-,20-/m0/s1.